The Hall–Kier alpha value is -2.47. The van der Waals surface area contributed by atoms with Crippen LogP contribution in [0.3, 0.4) is 0 Å². The van der Waals surface area contributed by atoms with Crippen LogP contribution in [-0.2, 0) is 4.79 Å². The number of likely N-dealkylation sites (tertiary alicyclic amines) is 1. The monoisotopic (exact) mass is 326 g/mol. The number of nitrogens with zero attached hydrogens (tertiary/aromatic N) is 3. The predicted molar refractivity (Wildman–Crippen MR) is 90.9 cm³/mol. The van der Waals surface area contributed by atoms with Crippen LogP contribution in [0.5, 0.6) is 11.6 Å². The number of amides is 1. The zero-order valence-electron chi connectivity index (χ0n) is 13.8. The lowest BCUT2D eigenvalue weighted by molar-refractivity contribution is -0.119. The van der Waals surface area contributed by atoms with E-state index in [1.54, 1.807) is 0 Å². The number of nitrogens with two attached hydrogens (primary N) is 1. The molecular weight excluding hydrogens is 304 g/mol. The molecule has 1 saturated heterocycles. The fourth-order valence-electron chi connectivity index (χ4n) is 3.04. The molecule has 3 rings (SSSR count). The first kappa shape index (κ1) is 16.4. The standard InChI is InChI=1S/C18H22N4O2/c1-13-10-17(24-15-7-3-2-4-8-15)21-18(20-13)14-6-5-9-22(11-14)12-16(19)23/h2-4,7-8,10,14H,5-6,9,11-12H2,1H3,(H2,19,23)/t14-/m0/s1. The molecule has 2 aromatic rings. The molecule has 6 heteroatoms. The van der Waals surface area contributed by atoms with Gasteiger partial charge in [0.05, 0.1) is 6.54 Å². The van der Waals surface area contributed by atoms with Crippen LogP contribution in [0.2, 0.25) is 0 Å². The molecule has 1 atom stereocenters. The van der Waals surface area contributed by atoms with E-state index >= 15 is 0 Å². The minimum atomic E-state index is -0.297. The summed E-state index contributed by atoms with van der Waals surface area (Å²) in [7, 11) is 0. The Kier molecular flexibility index (Phi) is 5.05. The Balaban J connectivity index is 1.76. The third kappa shape index (κ3) is 4.29. The number of primary amides is 1. The highest BCUT2D eigenvalue weighted by Gasteiger charge is 2.25. The second kappa shape index (κ2) is 7.40. The van der Waals surface area contributed by atoms with Crippen LogP contribution in [0, 0.1) is 6.92 Å². The third-order valence-corrected chi connectivity index (χ3v) is 4.06. The highest BCUT2D eigenvalue weighted by Crippen LogP contribution is 2.27. The number of carbonyl (C=O) groups is 1. The molecule has 1 aromatic heterocycles. The van der Waals surface area contributed by atoms with Gasteiger partial charge in [0.25, 0.3) is 0 Å². The normalized spacial score (nSPS) is 18.3. The molecule has 0 bridgehead atoms. The summed E-state index contributed by atoms with van der Waals surface area (Å²) < 4.78 is 5.84. The average Bonchev–Trinajstić information content (AvgIpc) is 2.55. The third-order valence-electron chi connectivity index (χ3n) is 4.06. The van der Waals surface area contributed by atoms with Crippen LogP contribution < -0.4 is 10.5 Å². The maximum atomic E-state index is 11.2. The molecule has 0 radical (unpaired) electrons. The molecule has 0 aliphatic carbocycles. The number of piperidine rings is 1. The van der Waals surface area contributed by atoms with Crippen molar-refractivity contribution in [1.82, 2.24) is 14.9 Å². The molecule has 6 nitrogen and oxygen atoms in total. The van der Waals surface area contributed by atoms with Crippen molar-refractivity contribution in [2.45, 2.75) is 25.7 Å². The molecule has 126 valence electrons. The number of carbonyl (C=O) groups excluding carboxylic acids is 1. The van der Waals surface area contributed by atoms with E-state index in [4.69, 9.17) is 10.5 Å². The number of rotatable bonds is 5. The molecule has 2 N–H and O–H groups in total. The van der Waals surface area contributed by atoms with Crippen molar-refractivity contribution in [2.75, 3.05) is 19.6 Å². The smallest absolute Gasteiger partial charge is 0.231 e. The summed E-state index contributed by atoms with van der Waals surface area (Å²) in [5.41, 5.74) is 6.18. The van der Waals surface area contributed by atoms with Gasteiger partial charge in [-0.05, 0) is 38.4 Å². The van der Waals surface area contributed by atoms with Gasteiger partial charge in [-0.25, -0.2) is 4.98 Å². The van der Waals surface area contributed by atoms with Crippen LogP contribution in [0.25, 0.3) is 0 Å². The van der Waals surface area contributed by atoms with Crippen molar-refractivity contribution in [3.63, 3.8) is 0 Å². The number of aromatic nitrogens is 2. The van der Waals surface area contributed by atoms with Crippen LogP contribution in [0.4, 0.5) is 0 Å². The SMILES string of the molecule is Cc1cc(Oc2ccccc2)nc([C@H]2CCCN(CC(N)=O)C2)n1. The summed E-state index contributed by atoms with van der Waals surface area (Å²) in [6.07, 6.45) is 2.01. The van der Waals surface area contributed by atoms with E-state index in [1.165, 1.54) is 0 Å². The van der Waals surface area contributed by atoms with Crippen LogP contribution in [0.1, 0.15) is 30.3 Å². The number of para-hydroxylation sites is 1. The molecule has 1 aromatic carbocycles. The van der Waals surface area contributed by atoms with Crippen LogP contribution in [0.15, 0.2) is 36.4 Å². The maximum absolute atomic E-state index is 11.2. The van der Waals surface area contributed by atoms with E-state index in [1.807, 2.05) is 43.3 Å². The largest absolute Gasteiger partial charge is 0.439 e. The van der Waals surface area contributed by atoms with Crippen LogP contribution >= 0.6 is 0 Å². The molecule has 24 heavy (non-hydrogen) atoms. The first-order valence-electron chi connectivity index (χ1n) is 8.19. The first-order valence-corrected chi connectivity index (χ1v) is 8.19. The minimum Gasteiger partial charge on any atom is -0.439 e. The minimum absolute atomic E-state index is 0.191. The van der Waals surface area contributed by atoms with Gasteiger partial charge in [0.1, 0.15) is 11.6 Å². The van der Waals surface area contributed by atoms with Crippen molar-refractivity contribution in [1.29, 1.82) is 0 Å². The number of hydrogen-bond acceptors (Lipinski definition) is 5. The van der Waals surface area contributed by atoms with E-state index in [0.29, 0.717) is 5.88 Å². The van der Waals surface area contributed by atoms with Gasteiger partial charge < -0.3 is 10.5 Å². The van der Waals surface area contributed by atoms with E-state index < -0.39 is 0 Å². The van der Waals surface area contributed by atoms with Crippen molar-refractivity contribution >= 4 is 5.91 Å². The number of ether oxygens (including phenoxy) is 1. The Morgan fingerprint density at radius 1 is 1.33 bits per heavy atom. The van der Waals surface area contributed by atoms with E-state index in [-0.39, 0.29) is 18.4 Å². The number of aryl methyl sites for hydroxylation is 1. The zero-order valence-corrected chi connectivity index (χ0v) is 13.8. The highest BCUT2D eigenvalue weighted by atomic mass is 16.5. The van der Waals surface area contributed by atoms with E-state index in [0.717, 1.165) is 43.2 Å². The van der Waals surface area contributed by atoms with Gasteiger partial charge in [0.15, 0.2) is 0 Å². The topological polar surface area (TPSA) is 81.3 Å². The van der Waals surface area contributed by atoms with E-state index in [2.05, 4.69) is 14.9 Å². The van der Waals surface area contributed by atoms with Crippen molar-refractivity contribution < 1.29 is 9.53 Å². The van der Waals surface area contributed by atoms with Crippen LogP contribution in [-0.4, -0.2) is 40.4 Å². The Morgan fingerprint density at radius 3 is 2.88 bits per heavy atom. The summed E-state index contributed by atoms with van der Waals surface area (Å²) in [6, 6.07) is 11.4. The molecule has 0 saturated carbocycles. The van der Waals surface area contributed by atoms with E-state index in [9.17, 15) is 4.79 Å². The van der Waals surface area contributed by atoms with Crippen molar-refractivity contribution in [2.24, 2.45) is 5.73 Å². The Morgan fingerprint density at radius 2 is 2.12 bits per heavy atom. The molecule has 1 fully saturated rings. The lowest BCUT2D eigenvalue weighted by Gasteiger charge is -2.31. The highest BCUT2D eigenvalue weighted by molar-refractivity contribution is 5.75. The summed E-state index contributed by atoms with van der Waals surface area (Å²) in [5.74, 6) is 1.97. The van der Waals surface area contributed by atoms with Gasteiger partial charge in [-0.3, -0.25) is 9.69 Å². The lowest BCUT2D eigenvalue weighted by Crippen LogP contribution is -2.40. The number of benzene rings is 1. The van der Waals surface area contributed by atoms with Gasteiger partial charge in [-0.2, -0.15) is 4.98 Å². The zero-order chi connectivity index (χ0) is 16.9. The van der Waals surface area contributed by atoms with Gasteiger partial charge in [0.2, 0.25) is 11.8 Å². The summed E-state index contributed by atoms with van der Waals surface area (Å²) in [4.78, 5) is 22.4. The molecule has 1 amide bonds. The molecule has 0 spiro atoms. The van der Waals surface area contributed by atoms with Gasteiger partial charge in [-0.15, -0.1) is 0 Å². The molecular formula is C18H22N4O2. The summed E-state index contributed by atoms with van der Waals surface area (Å²) in [6.45, 7) is 3.86. The number of hydrogen-bond donors (Lipinski definition) is 1. The quantitative estimate of drug-likeness (QED) is 0.911. The molecule has 1 aliphatic heterocycles. The second-order valence-corrected chi connectivity index (χ2v) is 6.16. The van der Waals surface area contributed by atoms with Gasteiger partial charge >= 0.3 is 0 Å². The van der Waals surface area contributed by atoms with Gasteiger partial charge in [0, 0.05) is 24.2 Å². The van der Waals surface area contributed by atoms with Gasteiger partial charge in [-0.1, -0.05) is 18.2 Å². The molecule has 2 heterocycles. The average molecular weight is 326 g/mol. The Labute approximate surface area is 141 Å². The maximum Gasteiger partial charge on any atom is 0.231 e. The first-order chi connectivity index (χ1) is 11.6. The molecule has 1 aliphatic rings. The lowest BCUT2D eigenvalue weighted by atomic mass is 9.97. The second-order valence-electron chi connectivity index (χ2n) is 6.16. The fraction of sp³-hybridized carbons (Fsp3) is 0.389. The predicted octanol–water partition coefficient (Wildman–Crippen LogP) is 2.24. The Bertz CT molecular complexity index is 705. The van der Waals surface area contributed by atoms with Crippen molar-refractivity contribution in [3.05, 3.63) is 47.9 Å². The fourth-order valence-corrected chi connectivity index (χ4v) is 3.04. The summed E-state index contributed by atoms with van der Waals surface area (Å²) >= 11 is 0. The summed E-state index contributed by atoms with van der Waals surface area (Å²) in [5, 5.41) is 0. The molecule has 0 unspecified atom stereocenters. The van der Waals surface area contributed by atoms with Crippen molar-refractivity contribution in [3.8, 4) is 11.6 Å².